The molecule has 0 atom stereocenters. The molecule has 1 aromatic carbocycles. The highest BCUT2D eigenvalue weighted by atomic mass is 32.2. The van der Waals surface area contributed by atoms with Gasteiger partial charge in [-0.25, -0.2) is 8.42 Å². The molecule has 0 unspecified atom stereocenters. The lowest BCUT2D eigenvalue weighted by Crippen LogP contribution is -2.48. The summed E-state index contributed by atoms with van der Waals surface area (Å²) in [6, 6.07) is 11.4. The summed E-state index contributed by atoms with van der Waals surface area (Å²) in [6.45, 7) is 5.01. The van der Waals surface area contributed by atoms with E-state index in [1.165, 1.54) is 11.3 Å². The smallest absolute Gasteiger partial charge is 0.252 e. The number of rotatable bonds is 5. The van der Waals surface area contributed by atoms with E-state index in [1.807, 2.05) is 31.2 Å². The van der Waals surface area contributed by atoms with Crippen LogP contribution in [0.3, 0.4) is 0 Å². The van der Waals surface area contributed by atoms with Gasteiger partial charge in [0.1, 0.15) is 9.96 Å². The zero-order chi connectivity index (χ0) is 16.3. The van der Waals surface area contributed by atoms with E-state index in [2.05, 4.69) is 4.90 Å². The largest absolute Gasteiger partial charge is 0.494 e. The van der Waals surface area contributed by atoms with Gasteiger partial charge in [0.25, 0.3) is 10.0 Å². The molecule has 0 aliphatic carbocycles. The lowest BCUT2D eigenvalue weighted by Gasteiger charge is -2.35. The van der Waals surface area contributed by atoms with Crippen molar-refractivity contribution in [3.05, 3.63) is 41.8 Å². The Labute approximate surface area is 141 Å². The number of ether oxygens (including phenoxy) is 1. The van der Waals surface area contributed by atoms with Crippen LogP contribution in [0.1, 0.15) is 6.92 Å². The normalized spacial score (nSPS) is 16.5. The van der Waals surface area contributed by atoms with E-state index in [1.54, 1.807) is 21.8 Å². The highest BCUT2D eigenvalue weighted by Crippen LogP contribution is 2.25. The average molecular weight is 352 g/mol. The summed E-state index contributed by atoms with van der Waals surface area (Å²) in [5, 5.41) is 1.79. The van der Waals surface area contributed by atoms with Crippen LogP contribution in [-0.2, 0) is 10.0 Å². The minimum absolute atomic E-state index is 0.423. The van der Waals surface area contributed by atoms with Gasteiger partial charge in [0.05, 0.1) is 6.61 Å². The molecule has 1 saturated heterocycles. The molecule has 5 nitrogen and oxygen atoms in total. The van der Waals surface area contributed by atoms with E-state index in [0.29, 0.717) is 37.0 Å². The van der Waals surface area contributed by atoms with Crippen molar-refractivity contribution in [2.45, 2.75) is 11.1 Å². The van der Waals surface area contributed by atoms with E-state index in [0.717, 1.165) is 11.4 Å². The van der Waals surface area contributed by atoms with E-state index < -0.39 is 10.0 Å². The Morgan fingerprint density at radius 1 is 1.09 bits per heavy atom. The number of hydrogen-bond acceptors (Lipinski definition) is 5. The Balaban J connectivity index is 1.64. The molecule has 0 bridgehead atoms. The lowest BCUT2D eigenvalue weighted by atomic mass is 10.2. The molecular formula is C16H20N2O3S2. The third kappa shape index (κ3) is 3.52. The highest BCUT2D eigenvalue weighted by molar-refractivity contribution is 7.91. The summed E-state index contributed by atoms with van der Waals surface area (Å²) >= 11 is 1.27. The van der Waals surface area contributed by atoms with Gasteiger partial charge in [0.2, 0.25) is 0 Å². The highest BCUT2D eigenvalue weighted by Gasteiger charge is 2.29. The Bertz CT molecular complexity index is 719. The predicted octanol–water partition coefficient (Wildman–Crippen LogP) is 2.66. The first-order valence-electron chi connectivity index (χ1n) is 7.62. The minimum Gasteiger partial charge on any atom is -0.494 e. The van der Waals surface area contributed by atoms with Gasteiger partial charge in [0, 0.05) is 31.9 Å². The maximum Gasteiger partial charge on any atom is 0.252 e. The fourth-order valence-electron chi connectivity index (χ4n) is 2.64. The molecule has 1 aromatic heterocycles. The number of nitrogens with zero attached hydrogens (tertiary/aromatic N) is 2. The second kappa shape index (κ2) is 6.90. The molecule has 1 aliphatic heterocycles. The number of benzene rings is 1. The van der Waals surface area contributed by atoms with Crippen molar-refractivity contribution >= 4 is 27.0 Å². The topological polar surface area (TPSA) is 49.9 Å². The molecule has 0 amide bonds. The summed E-state index contributed by atoms with van der Waals surface area (Å²) in [7, 11) is -3.33. The van der Waals surface area contributed by atoms with Gasteiger partial charge >= 0.3 is 0 Å². The van der Waals surface area contributed by atoms with Crippen molar-refractivity contribution in [2.75, 3.05) is 37.7 Å². The number of piperazine rings is 1. The van der Waals surface area contributed by atoms with Crippen LogP contribution in [-0.4, -0.2) is 45.5 Å². The van der Waals surface area contributed by atoms with Gasteiger partial charge in [-0.3, -0.25) is 0 Å². The molecule has 0 saturated carbocycles. The summed E-state index contributed by atoms with van der Waals surface area (Å²) in [5.74, 6) is 0.857. The van der Waals surface area contributed by atoms with Gasteiger partial charge in [0.15, 0.2) is 0 Å². The Hall–Kier alpha value is -1.57. The number of thiophene rings is 1. The second-order valence-electron chi connectivity index (χ2n) is 5.25. The summed E-state index contributed by atoms with van der Waals surface area (Å²) in [4.78, 5) is 2.20. The quantitative estimate of drug-likeness (QED) is 0.830. The fraction of sp³-hybridized carbons (Fsp3) is 0.375. The molecule has 7 heteroatoms. The number of anilines is 1. The van der Waals surface area contributed by atoms with Gasteiger partial charge in [-0.1, -0.05) is 6.07 Å². The molecule has 0 spiro atoms. The molecule has 1 fully saturated rings. The maximum absolute atomic E-state index is 12.5. The van der Waals surface area contributed by atoms with Gasteiger partial charge in [-0.2, -0.15) is 4.31 Å². The standard InChI is InChI=1S/C16H20N2O3S2/c1-2-21-15-7-5-14(6-8-15)17-9-11-18(12-10-17)23(19,20)16-4-3-13-22-16/h3-8,13H,2,9-12H2,1H3. The molecular weight excluding hydrogens is 332 g/mol. The van der Waals surface area contributed by atoms with Gasteiger partial charge < -0.3 is 9.64 Å². The monoisotopic (exact) mass is 352 g/mol. The van der Waals surface area contributed by atoms with Crippen molar-refractivity contribution in [3.63, 3.8) is 0 Å². The van der Waals surface area contributed by atoms with Crippen molar-refractivity contribution in [2.24, 2.45) is 0 Å². The van der Waals surface area contributed by atoms with E-state index in [-0.39, 0.29) is 0 Å². The van der Waals surface area contributed by atoms with Crippen LogP contribution in [0.5, 0.6) is 5.75 Å². The molecule has 3 rings (SSSR count). The first-order valence-corrected chi connectivity index (χ1v) is 9.94. The molecule has 23 heavy (non-hydrogen) atoms. The molecule has 2 aromatic rings. The summed E-state index contributed by atoms with van der Waals surface area (Å²) in [6.07, 6.45) is 0. The number of sulfonamides is 1. The van der Waals surface area contributed by atoms with Crippen molar-refractivity contribution < 1.29 is 13.2 Å². The van der Waals surface area contributed by atoms with Gasteiger partial charge in [-0.05, 0) is 42.6 Å². The van der Waals surface area contributed by atoms with Crippen LogP contribution in [0.4, 0.5) is 5.69 Å². The zero-order valence-corrected chi connectivity index (χ0v) is 14.6. The zero-order valence-electron chi connectivity index (χ0n) is 13.0. The number of hydrogen-bond donors (Lipinski definition) is 0. The molecule has 0 N–H and O–H groups in total. The van der Waals surface area contributed by atoms with Crippen LogP contribution >= 0.6 is 11.3 Å². The Morgan fingerprint density at radius 3 is 2.35 bits per heavy atom. The Kier molecular flexibility index (Phi) is 4.89. The van der Waals surface area contributed by atoms with E-state index in [4.69, 9.17) is 4.74 Å². The van der Waals surface area contributed by atoms with Crippen LogP contribution in [0, 0.1) is 0 Å². The molecule has 2 heterocycles. The van der Waals surface area contributed by atoms with Crippen LogP contribution in [0.25, 0.3) is 0 Å². The molecule has 0 radical (unpaired) electrons. The van der Waals surface area contributed by atoms with E-state index >= 15 is 0 Å². The SMILES string of the molecule is CCOc1ccc(N2CCN(S(=O)(=O)c3cccs3)CC2)cc1. The Morgan fingerprint density at radius 2 is 1.78 bits per heavy atom. The third-order valence-corrected chi connectivity index (χ3v) is 7.11. The summed E-state index contributed by atoms with van der Waals surface area (Å²) in [5.41, 5.74) is 1.10. The van der Waals surface area contributed by atoms with Crippen LogP contribution < -0.4 is 9.64 Å². The maximum atomic E-state index is 12.5. The minimum atomic E-state index is -3.33. The van der Waals surface area contributed by atoms with Crippen molar-refractivity contribution in [3.8, 4) is 5.75 Å². The van der Waals surface area contributed by atoms with Gasteiger partial charge in [-0.15, -0.1) is 11.3 Å². The average Bonchev–Trinajstić information content (AvgIpc) is 3.11. The van der Waals surface area contributed by atoms with E-state index in [9.17, 15) is 8.42 Å². The first-order chi connectivity index (χ1) is 11.1. The summed E-state index contributed by atoms with van der Waals surface area (Å²) < 4.78 is 32.5. The van der Waals surface area contributed by atoms with Crippen LogP contribution in [0.15, 0.2) is 46.0 Å². The molecule has 1 aliphatic rings. The molecule has 124 valence electrons. The van der Waals surface area contributed by atoms with Crippen molar-refractivity contribution in [1.82, 2.24) is 4.31 Å². The third-order valence-electron chi connectivity index (χ3n) is 3.84. The van der Waals surface area contributed by atoms with Crippen molar-refractivity contribution in [1.29, 1.82) is 0 Å². The predicted molar refractivity (Wildman–Crippen MR) is 92.9 cm³/mol. The lowest BCUT2D eigenvalue weighted by molar-refractivity contribution is 0.340. The fourth-order valence-corrected chi connectivity index (χ4v) is 5.21. The second-order valence-corrected chi connectivity index (χ2v) is 8.36. The first kappa shape index (κ1) is 16.3. The van der Waals surface area contributed by atoms with Crippen LogP contribution in [0.2, 0.25) is 0 Å².